The Morgan fingerprint density at radius 3 is 2.57 bits per heavy atom. The normalized spacial score (nSPS) is 57.0. The van der Waals surface area contributed by atoms with E-state index in [1.54, 1.807) is 0 Å². The van der Waals surface area contributed by atoms with Crippen molar-refractivity contribution in [2.75, 3.05) is 6.54 Å². The van der Waals surface area contributed by atoms with Gasteiger partial charge in [-0.25, -0.2) is 4.39 Å². The lowest BCUT2D eigenvalue weighted by Gasteiger charge is -2.26. The van der Waals surface area contributed by atoms with Crippen molar-refractivity contribution in [3.05, 3.63) is 0 Å². The van der Waals surface area contributed by atoms with E-state index in [4.69, 9.17) is 0 Å². The number of halogens is 1. The Labute approximate surface area is 41.9 Å². The molecule has 3 rings (SSSR count). The van der Waals surface area contributed by atoms with Gasteiger partial charge in [-0.15, -0.1) is 0 Å². The molecule has 0 spiro atoms. The van der Waals surface area contributed by atoms with Gasteiger partial charge in [0.25, 0.3) is 0 Å². The number of fused-ring (bicyclic) bond motifs is 1. The van der Waals surface area contributed by atoms with Crippen molar-refractivity contribution in [2.24, 2.45) is 5.92 Å². The maximum absolute atomic E-state index is 12.3. The highest BCUT2D eigenvalue weighted by molar-refractivity contribution is 5.02. The van der Waals surface area contributed by atoms with Gasteiger partial charge < -0.3 is 5.32 Å². The third-order valence-electron chi connectivity index (χ3n) is 2.03. The van der Waals surface area contributed by atoms with Crippen LogP contribution < -0.4 is 5.32 Å². The molecule has 0 aromatic rings. The predicted molar refractivity (Wildman–Crippen MR) is 24.8 cm³/mol. The monoisotopic (exact) mass is 101 g/mol. The molecule has 0 radical (unpaired) electrons. The Morgan fingerprint density at radius 1 is 1.57 bits per heavy atom. The van der Waals surface area contributed by atoms with Crippen molar-refractivity contribution in [3.8, 4) is 0 Å². The average molecular weight is 101 g/mol. The number of rotatable bonds is 0. The van der Waals surface area contributed by atoms with Crippen LogP contribution in [-0.4, -0.2) is 18.8 Å². The van der Waals surface area contributed by atoms with E-state index in [9.17, 15) is 4.39 Å². The molecule has 1 aliphatic carbocycles. The van der Waals surface area contributed by atoms with Crippen LogP contribution in [0.2, 0.25) is 0 Å². The molecule has 3 fully saturated rings. The van der Waals surface area contributed by atoms with Gasteiger partial charge in [0.2, 0.25) is 0 Å². The second kappa shape index (κ2) is 0.996. The Bertz CT molecular complexity index is 80.1. The van der Waals surface area contributed by atoms with Gasteiger partial charge >= 0.3 is 0 Å². The molecule has 3 atom stereocenters. The molecule has 3 aliphatic rings. The number of alkyl halides is 1. The lowest BCUT2D eigenvalue weighted by molar-refractivity contribution is 0.141. The fraction of sp³-hybridized carbons (Fsp3) is 1.00. The quantitative estimate of drug-likeness (QED) is 0.463. The summed E-state index contributed by atoms with van der Waals surface area (Å²) in [5.41, 5.74) is 0. The summed E-state index contributed by atoms with van der Waals surface area (Å²) >= 11 is 0. The van der Waals surface area contributed by atoms with Gasteiger partial charge in [-0.3, -0.25) is 0 Å². The molecule has 2 saturated heterocycles. The summed E-state index contributed by atoms with van der Waals surface area (Å²) in [7, 11) is 0. The maximum atomic E-state index is 12.3. The summed E-state index contributed by atoms with van der Waals surface area (Å²) in [6.45, 7) is 0.922. The molecule has 2 bridgehead atoms. The minimum Gasteiger partial charge on any atom is -0.311 e. The molecule has 0 unspecified atom stereocenters. The minimum atomic E-state index is -0.500. The van der Waals surface area contributed by atoms with Crippen LogP contribution in [-0.2, 0) is 0 Å². The van der Waals surface area contributed by atoms with Gasteiger partial charge in [0.15, 0.2) is 0 Å². The Morgan fingerprint density at radius 2 is 2.43 bits per heavy atom. The summed E-state index contributed by atoms with van der Waals surface area (Å²) in [5, 5.41) is 3.07. The summed E-state index contributed by atoms with van der Waals surface area (Å²) in [4.78, 5) is 0. The van der Waals surface area contributed by atoms with Crippen LogP contribution in [0.25, 0.3) is 0 Å². The lowest BCUT2D eigenvalue weighted by Crippen LogP contribution is -2.38. The van der Waals surface area contributed by atoms with E-state index in [1.165, 1.54) is 0 Å². The number of nitrogens with one attached hydrogen (secondary N) is 1. The van der Waals surface area contributed by atoms with E-state index in [-0.39, 0.29) is 6.04 Å². The first-order valence-corrected chi connectivity index (χ1v) is 2.75. The topological polar surface area (TPSA) is 12.0 Å². The first-order valence-electron chi connectivity index (χ1n) is 2.75. The molecule has 7 heavy (non-hydrogen) atoms. The molecule has 2 heteroatoms. The second-order valence-corrected chi connectivity index (χ2v) is 2.45. The van der Waals surface area contributed by atoms with Crippen LogP contribution in [0.1, 0.15) is 6.42 Å². The van der Waals surface area contributed by atoms with Crippen molar-refractivity contribution in [1.82, 2.24) is 5.32 Å². The van der Waals surface area contributed by atoms with E-state index in [2.05, 4.69) is 5.32 Å². The van der Waals surface area contributed by atoms with Crippen LogP contribution >= 0.6 is 0 Å². The van der Waals surface area contributed by atoms with E-state index in [0.29, 0.717) is 5.92 Å². The molecule has 2 heterocycles. The zero-order chi connectivity index (χ0) is 4.85. The van der Waals surface area contributed by atoms with Gasteiger partial charge in [-0.1, -0.05) is 0 Å². The molecule has 40 valence electrons. The highest BCUT2D eigenvalue weighted by atomic mass is 19.1. The standard InChI is InChI=1S/C5H8FN/c6-5-3-1-4(5)7-2-3/h3-5,7H,1-2H2/t3-,4-,5-/m1/s1. The van der Waals surface area contributed by atoms with Gasteiger partial charge in [-0.2, -0.15) is 0 Å². The first kappa shape index (κ1) is 3.84. The molecule has 0 aromatic carbocycles. The van der Waals surface area contributed by atoms with Crippen LogP contribution in [0.4, 0.5) is 4.39 Å². The number of hydrogen-bond acceptors (Lipinski definition) is 1. The highest BCUT2D eigenvalue weighted by Crippen LogP contribution is 2.35. The third kappa shape index (κ3) is 0.312. The molecule has 1 nitrogen and oxygen atoms in total. The fourth-order valence-corrected chi connectivity index (χ4v) is 1.41. The van der Waals surface area contributed by atoms with Gasteiger partial charge in [0, 0.05) is 18.5 Å². The summed E-state index contributed by atoms with van der Waals surface area (Å²) in [6.07, 6.45) is 0.584. The molecular weight excluding hydrogens is 93.1 g/mol. The van der Waals surface area contributed by atoms with Crippen molar-refractivity contribution in [1.29, 1.82) is 0 Å². The number of hydrogen-bond donors (Lipinski definition) is 1. The summed E-state index contributed by atoms with van der Waals surface area (Å²) in [5.74, 6) is 0.380. The largest absolute Gasteiger partial charge is 0.311 e. The van der Waals surface area contributed by atoms with Crippen molar-refractivity contribution < 1.29 is 4.39 Å². The molecule has 1 saturated carbocycles. The zero-order valence-corrected chi connectivity index (χ0v) is 4.02. The van der Waals surface area contributed by atoms with Crippen LogP contribution in [0, 0.1) is 5.92 Å². The smallest absolute Gasteiger partial charge is 0.119 e. The zero-order valence-electron chi connectivity index (χ0n) is 4.02. The Balaban J connectivity index is 2.14. The molecule has 2 aliphatic heterocycles. The molecular formula is C5H8FN. The lowest BCUT2D eigenvalue weighted by atomic mass is 9.84. The Hall–Kier alpha value is -0.110. The van der Waals surface area contributed by atoms with Crippen LogP contribution in [0.5, 0.6) is 0 Å². The van der Waals surface area contributed by atoms with E-state index < -0.39 is 6.17 Å². The molecule has 1 N–H and O–H groups in total. The van der Waals surface area contributed by atoms with Crippen LogP contribution in [0.15, 0.2) is 0 Å². The molecule has 0 amide bonds. The summed E-state index contributed by atoms with van der Waals surface area (Å²) < 4.78 is 12.3. The fourth-order valence-electron chi connectivity index (χ4n) is 1.41. The Kier molecular flexibility index (Phi) is 0.546. The first-order chi connectivity index (χ1) is 3.38. The van der Waals surface area contributed by atoms with E-state index >= 15 is 0 Å². The minimum absolute atomic E-state index is 0.241. The summed E-state index contributed by atoms with van der Waals surface area (Å²) in [6, 6.07) is 0.241. The predicted octanol–water partition coefficient (Wildman–Crippen LogP) is 0.316. The third-order valence-corrected chi connectivity index (χ3v) is 2.03. The van der Waals surface area contributed by atoms with Gasteiger partial charge in [0.1, 0.15) is 6.17 Å². The highest BCUT2D eigenvalue weighted by Gasteiger charge is 2.46. The van der Waals surface area contributed by atoms with Crippen molar-refractivity contribution in [3.63, 3.8) is 0 Å². The van der Waals surface area contributed by atoms with E-state index in [0.717, 1.165) is 13.0 Å². The molecule has 0 aromatic heterocycles. The SMILES string of the molecule is F[C@@H]1[C@H]2CN[C@@H]1C2. The average Bonchev–Trinajstić information content (AvgIpc) is 2.18. The maximum Gasteiger partial charge on any atom is 0.119 e. The second-order valence-electron chi connectivity index (χ2n) is 2.45. The van der Waals surface area contributed by atoms with Gasteiger partial charge in [-0.05, 0) is 6.42 Å². The van der Waals surface area contributed by atoms with Gasteiger partial charge in [0.05, 0.1) is 0 Å². The van der Waals surface area contributed by atoms with E-state index in [1.807, 2.05) is 0 Å². The van der Waals surface area contributed by atoms with Crippen molar-refractivity contribution >= 4 is 0 Å². The van der Waals surface area contributed by atoms with Crippen LogP contribution in [0.3, 0.4) is 0 Å². The van der Waals surface area contributed by atoms with Crippen molar-refractivity contribution in [2.45, 2.75) is 18.6 Å².